The molecule has 0 amide bonds. The van der Waals surface area contributed by atoms with Gasteiger partial charge in [0.25, 0.3) is 0 Å². The highest BCUT2D eigenvalue weighted by Crippen LogP contribution is 2.08. The molecule has 1 rings (SSSR count). The molecule has 0 aliphatic carbocycles. The molecule has 0 aromatic rings. The summed E-state index contributed by atoms with van der Waals surface area (Å²) in [6, 6.07) is 0. The molecular weight excluding hydrogens is 226 g/mol. The smallest absolute Gasteiger partial charge is 0.228 e. The molecule has 2 N–H and O–H groups in total. The average Bonchev–Trinajstić information content (AvgIpc) is 2.26. The van der Waals surface area contributed by atoms with Crippen molar-refractivity contribution in [3.63, 3.8) is 0 Å². The van der Waals surface area contributed by atoms with Gasteiger partial charge in [-0.2, -0.15) is 0 Å². The monoisotopic (exact) mass is 249 g/mol. The SMILES string of the molecule is CCNCC(C)S(=O)(=O)NN1CCCCC1. The van der Waals surface area contributed by atoms with Crippen LogP contribution < -0.4 is 10.1 Å². The molecule has 1 saturated heterocycles. The Morgan fingerprint density at radius 2 is 1.88 bits per heavy atom. The van der Waals surface area contributed by atoms with Gasteiger partial charge >= 0.3 is 0 Å². The van der Waals surface area contributed by atoms with E-state index in [4.69, 9.17) is 0 Å². The largest absolute Gasteiger partial charge is 0.316 e. The van der Waals surface area contributed by atoms with Crippen LogP contribution in [0, 0.1) is 0 Å². The second-order valence-electron chi connectivity index (χ2n) is 4.30. The summed E-state index contributed by atoms with van der Waals surface area (Å²) in [4.78, 5) is 2.67. The predicted octanol–water partition coefficient (Wildman–Crippen LogP) is 0.305. The third-order valence-electron chi connectivity index (χ3n) is 2.82. The molecule has 96 valence electrons. The van der Waals surface area contributed by atoms with Crippen LogP contribution in [-0.4, -0.2) is 44.9 Å². The molecule has 1 atom stereocenters. The number of nitrogens with zero attached hydrogens (tertiary/aromatic N) is 1. The molecule has 0 saturated carbocycles. The van der Waals surface area contributed by atoms with Gasteiger partial charge in [-0.3, -0.25) is 0 Å². The van der Waals surface area contributed by atoms with Crippen LogP contribution in [0.5, 0.6) is 0 Å². The lowest BCUT2D eigenvalue weighted by atomic mass is 10.2. The minimum atomic E-state index is -3.22. The zero-order valence-corrected chi connectivity index (χ0v) is 11.0. The van der Waals surface area contributed by atoms with Crippen molar-refractivity contribution in [2.45, 2.75) is 38.4 Å². The number of hydrogen-bond donors (Lipinski definition) is 2. The minimum absolute atomic E-state index is 0.394. The molecule has 1 aliphatic rings. The van der Waals surface area contributed by atoms with Gasteiger partial charge < -0.3 is 5.32 Å². The number of piperidine rings is 1. The molecule has 5 nitrogen and oxygen atoms in total. The van der Waals surface area contributed by atoms with E-state index in [1.54, 1.807) is 6.92 Å². The first kappa shape index (κ1) is 13.9. The Balaban J connectivity index is 2.42. The molecule has 0 bridgehead atoms. The van der Waals surface area contributed by atoms with Gasteiger partial charge in [0.05, 0.1) is 5.25 Å². The Morgan fingerprint density at radius 3 is 2.44 bits per heavy atom. The van der Waals surface area contributed by atoms with Crippen molar-refractivity contribution < 1.29 is 8.42 Å². The number of sulfonamides is 1. The third kappa shape index (κ3) is 4.37. The molecule has 0 aromatic carbocycles. The Morgan fingerprint density at radius 1 is 1.25 bits per heavy atom. The van der Waals surface area contributed by atoms with Crippen molar-refractivity contribution in [2.75, 3.05) is 26.2 Å². The molecule has 16 heavy (non-hydrogen) atoms. The van der Waals surface area contributed by atoms with Crippen molar-refractivity contribution in [3.8, 4) is 0 Å². The van der Waals surface area contributed by atoms with Gasteiger partial charge in [0.15, 0.2) is 0 Å². The van der Waals surface area contributed by atoms with E-state index in [-0.39, 0.29) is 0 Å². The molecule has 1 unspecified atom stereocenters. The Bertz CT molecular complexity index is 286. The quantitative estimate of drug-likeness (QED) is 0.711. The van der Waals surface area contributed by atoms with Gasteiger partial charge in [-0.25, -0.2) is 13.4 Å². The molecule has 1 fully saturated rings. The first-order chi connectivity index (χ1) is 7.56. The van der Waals surface area contributed by atoms with Crippen LogP contribution in [0.4, 0.5) is 0 Å². The summed E-state index contributed by atoms with van der Waals surface area (Å²) < 4.78 is 23.8. The standard InChI is InChI=1S/C10H23N3O2S/c1-3-11-9-10(2)16(14,15)12-13-7-5-4-6-8-13/h10-12H,3-9H2,1-2H3. The van der Waals surface area contributed by atoms with E-state index in [0.717, 1.165) is 32.5 Å². The van der Waals surface area contributed by atoms with E-state index in [9.17, 15) is 8.42 Å². The zero-order valence-electron chi connectivity index (χ0n) is 10.2. The van der Waals surface area contributed by atoms with Crippen molar-refractivity contribution >= 4 is 10.0 Å². The van der Waals surface area contributed by atoms with Crippen molar-refractivity contribution in [2.24, 2.45) is 0 Å². The van der Waals surface area contributed by atoms with Crippen molar-refractivity contribution in [1.29, 1.82) is 0 Å². The van der Waals surface area contributed by atoms with Crippen LogP contribution >= 0.6 is 0 Å². The van der Waals surface area contributed by atoms with Crippen LogP contribution in [0.25, 0.3) is 0 Å². The summed E-state index contributed by atoms with van der Waals surface area (Å²) in [5.41, 5.74) is 0. The molecule has 0 radical (unpaired) electrons. The summed E-state index contributed by atoms with van der Waals surface area (Å²) in [6.45, 7) is 6.65. The molecule has 1 aliphatic heterocycles. The molecule has 0 aromatic heterocycles. The van der Waals surface area contributed by atoms with E-state index >= 15 is 0 Å². The number of rotatable bonds is 6. The highest BCUT2D eigenvalue weighted by atomic mass is 32.2. The zero-order chi connectivity index (χ0) is 12.0. The Labute approximate surface area is 98.6 Å². The van der Waals surface area contributed by atoms with Crippen LogP contribution in [0.2, 0.25) is 0 Å². The number of nitrogens with one attached hydrogen (secondary N) is 2. The summed E-state index contributed by atoms with van der Waals surface area (Å²) in [5, 5.41) is 4.48. The van der Waals surface area contributed by atoms with Crippen LogP contribution in [-0.2, 0) is 10.0 Å². The maximum atomic E-state index is 11.9. The van der Waals surface area contributed by atoms with E-state index < -0.39 is 15.3 Å². The number of hydrazine groups is 1. The first-order valence-corrected chi connectivity index (χ1v) is 7.58. The lowest BCUT2D eigenvalue weighted by molar-refractivity contribution is 0.199. The van der Waals surface area contributed by atoms with Gasteiger partial charge in [-0.1, -0.05) is 13.3 Å². The van der Waals surface area contributed by atoms with Crippen molar-refractivity contribution in [3.05, 3.63) is 0 Å². The summed E-state index contributed by atoms with van der Waals surface area (Å²) in [5.74, 6) is 0. The van der Waals surface area contributed by atoms with Crippen LogP contribution in [0.1, 0.15) is 33.1 Å². The topological polar surface area (TPSA) is 61.4 Å². The maximum Gasteiger partial charge on any atom is 0.228 e. The summed E-state index contributed by atoms with van der Waals surface area (Å²) in [7, 11) is -3.22. The van der Waals surface area contributed by atoms with E-state index in [0.29, 0.717) is 6.54 Å². The lowest BCUT2D eigenvalue weighted by Crippen LogP contribution is -2.49. The fraction of sp³-hybridized carbons (Fsp3) is 1.00. The second-order valence-corrected chi connectivity index (χ2v) is 6.38. The maximum absolute atomic E-state index is 11.9. The van der Waals surface area contributed by atoms with Crippen LogP contribution in [0.3, 0.4) is 0 Å². The van der Waals surface area contributed by atoms with Gasteiger partial charge in [-0.15, -0.1) is 4.83 Å². The Kier molecular flexibility index (Phi) is 5.68. The molecule has 6 heteroatoms. The number of hydrogen-bond acceptors (Lipinski definition) is 4. The van der Waals surface area contributed by atoms with Crippen molar-refractivity contribution in [1.82, 2.24) is 15.2 Å². The first-order valence-electron chi connectivity index (χ1n) is 6.03. The second kappa shape index (κ2) is 6.54. The average molecular weight is 249 g/mol. The van der Waals surface area contributed by atoms with Crippen LogP contribution in [0.15, 0.2) is 0 Å². The van der Waals surface area contributed by atoms with Gasteiger partial charge in [0, 0.05) is 19.6 Å². The molecule has 0 spiro atoms. The highest BCUT2D eigenvalue weighted by molar-refractivity contribution is 7.90. The molecular formula is C10H23N3O2S. The lowest BCUT2D eigenvalue weighted by Gasteiger charge is -2.28. The predicted molar refractivity (Wildman–Crippen MR) is 65.5 cm³/mol. The molecule has 1 heterocycles. The van der Waals surface area contributed by atoms with E-state index in [2.05, 4.69) is 10.1 Å². The Hall–Kier alpha value is -0.170. The van der Waals surface area contributed by atoms with Gasteiger partial charge in [0.2, 0.25) is 10.0 Å². The van der Waals surface area contributed by atoms with E-state index in [1.165, 1.54) is 6.42 Å². The minimum Gasteiger partial charge on any atom is -0.316 e. The van der Waals surface area contributed by atoms with E-state index in [1.807, 2.05) is 11.9 Å². The normalized spacial score (nSPS) is 20.9. The van der Waals surface area contributed by atoms with Gasteiger partial charge in [-0.05, 0) is 26.3 Å². The van der Waals surface area contributed by atoms with Gasteiger partial charge in [0.1, 0.15) is 0 Å². The highest BCUT2D eigenvalue weighted by Gasteiger charge is 2.23. The fourth-order valence-electron chi connectivity index (χ4n) is 1.71. The fourth-order valence-corrected chi connectivity index (χ4v) is 2.77. The summed E-state index contributed by atoms with van der Waals surface area (Å²) in [6.07, 6.45) is 3.35. The third-order valence-corrected chi connectivity index (χ3v) is 4.56. The summed E-state index contributed by atoms with van der Waals surface area (Å²) >= 11 is 0.